The van der Waals surface area contributed by atoms with E-state index in [0.29, 0.717) is 17.5 Å². The van der Waals surface area contributed by atoms with Crippen molar-refractivity contribution in [1.82, 2.24) is 19.9 Å². The lowest BCUT2D eigenvalue weighted by molar-refractivity contribution is 0.353. The highest BCUT2D eigenvalue weighted by atomic mass is 32.1. The lowest BCUT2D eigenvalue weighted by Crippen LogP contribution is -2.13. The first-order chi connectivity index (χ1) is 12.1. The number of nitrogens with zero attached hydrogens (tertiary/aromatic N) is 4. The third-order valence-corrected chi connectivity index (χ3v) is 4.19. The molecule has 0 aromatic carbocycles. The van der Waals surface area contributed by atoms with E-state index < -0.39 is 0 Å². The van der Waals surface area contributed by atoms with E-state index in [0.717, 1.165) is 16.1 Å². The van der Waals surface area contributed by atoms with Crippen LogP contribution in [0.5, 0.6) is 11.9 Å². The zero-order valence-electron chi connectivity index (χ0n) is 14.5. The third kappa shape index (κ3) is 3.85. The topological polar surface area (TPSA) is 82.0 Å². The summed E-state index contributed by atoms with van der Waals surface area (Å²) in [7, 11) is 3.07. The average Bonchev–Trinajstić information content (AvgIpc) is 3.15. The Morgan fingerprint density at radius 3 is 2.60 bits per heavy atom. The van der Waals surface area contributed by atoms with E-state index in [9.17, 15) is 0 Å². The molecule has 8 heteroatoms. The molecule has 0 radical (unpaired) electrons. The van der Waals surface area contributed by atoms with E-state index in [-0.39, 0.29) is 12.1 Å². The van der Waals surface area contributed by atoms with Crippen molar-refractivity contribution in [1.29, 1.82) is 0 Å². The van der Waals surface area contributed by atoms with Crippen molar-refractivity contribution in [3.8, 4) is 33.7 Å². The van der Waals surface area contributed by atoms with Crippen LogP contribution in [0.2, 0.25) is 0 Å². The van der Waals surface area contributed by atoms with E-state index in [1.807, 2.05) is 31.4 Å². The van der Waals surface area contributed by atoms with Crippen LogP contribution in [0.1, 0.15) is 13.8 Å². The molecule has 3 aromatic heterocycles. The van der Waals surface area contributed by atoms with Crippen LogP contribution in [-0.4, -0.2) is 40.2 Å². The minimum Gasteiger partial charge on any atom is -0.481 e. The van der Waals surface area contributed by atoms with Crippen LogP contribution in [0.3, 0.4) is 0 Å². The molecular formula is C17H19N5O2S. The molecule has 0 bridgehead atoms. The molecule has 3 rings (SSSR count). The number of rotatable bonds is 6. The highest BCUT2D eigenvalue weighted by molar-refractivity contribution is 7.13. The number of methoxy groups -OCH3 is 2. The fraction of sp³-hybridized carbons (Fsp3) is 0.294. The predicted octanol–water partition coefficient (Wildman–Crippen LogP) is 3.50. The number of anilines is 1. The van der Waals surface area contributed by atoms with Gasteiger partial charge in [0.25, 0.3) is 0 Å². The Kier molecular flexibility index (Phi) is 5.08. The van der Waals surface area contributed by atoms with Crippen molar-refractivity contribution in [2.24, 2.45) is 0 Å². The normalized spacial score (nSPS) is 10.8. The highest BCUT2D eigenvalue weighted by Crippen LogP contribution is 2.34. The first-order valence-corrected chi connectivity index (χ1v) is 8.63. The van der Waals surface area contributed by atoms with Gasteiger partial charge >= 0.3 is 6.01 Å². The summed E-state index contributed by atoms with van der Waals surface area (Å²) >= 11 is 1.61. The first kappa shape index (κ1) is 17.1. The molecule has 7 nitrogen and oxygen atoms in total. The molecule has 0 aliphatic carbocycles. The molecule has 0 unspecified atom stereocenters. The van der Waals surface area contributed by atoms with E-state index in [2.05, 4.69) is 25.3 Å². The van der Waals surface area contributed by atoms with Crippen molar-refractivity contribution < 1.29 is 9.47 Å². The molecule has 3 heterocycles. The van der Waals surface area contributed by atoms with Crippen LogP contribution in [0, 0.1) is 0 Å². The number of hydrogen-bond acceptors (Lipinski definition) is 8. The molecule has 0 saturated heterocycles. The summed E-state index contributed by atoms with van der Waals surface area (Å²) in [6, 6.07) is 6.22. The molecule has 3 aromatic rings. The minimum atomic E-state index is 0.232. The number of ether oxygens (including phenoxy) is 2. The third-order valence-electron chi connectivity index (χ3n) is 3.31. The number of hydrogen-bond donors (Lipinski definition) is 1. The summed E-state index contributed by atoms with van der Waals surface area (Å²) in [5.41, 5.74) is 2.23. The second-order valence-electron chi connectivity index (χ2n) is 5.51. The van der Waals surface area contributed by atoms with E-state index in [1.54, 1.807) is 30.7 Å². The van der Waals surface area contributed by atoms with Crippen LogP contribution >= 0.6 is 11.3 Å². The maximum absolute atomic E-state index is 5.24. The van der Waals surface area contributed by atoms with Crippen molar-refractivity contribution >= 4 is 17.3 Å². The monoisotopic (exact) mass is 357 g/mol. The van der Waals surface area contributed by atoms with E-state index in [4.69, 9.17) is 9.47 Å². The standard InChI is InChI=1S/C17H19N5O2S/c1-10(2)19-16-18-9-11(15(22-16)13-6-5-7-25-13)12-8-14(23-3)21-17(20-12)24-4/h5-10H,1-4H3,(H,18,19,22). The maximum Gasteiger partial charge on any atom is 0.320 e. The van der Waals surface area contributed by atoms with E-state index in [1.165, 1.54) is 7.11 Å². The Bertz CT molecular complexity index is 830. The summed E-state index contributed by atoms with van der Waals surface area (Å²) < 4.78 is 10.4. The lowest BCUT2D eigenvalue weighted by atomic mass is 10.1. The molecule has 130 valence electrons. The Labute approximate surface area is 150 Å². The molecule has 0 aliphatic heterocycles. The molecule has 25 heavy (non-hydrogen) atoms. The Morgan fingerprint density at radius 2 is 1.96 bits per heavy atom. The van der Waals surface area contributed by atoms with Crippen molar-refractivity contribution in [3.63, 3.8) is 0 Å². The SMILES string of the molecule is COc1cc(-c2cnc(NC(C)C)nc2-c2cccs2)nc(OC)n1. The van der Waals surface area contributed by atoms with Crippen molar-refractivity contribution in [2.45, 2.75) is 19.9 Å². The van der Waals surface area contributed by atoms with Gasteiger partial charge in [-0.1, -0.05) is 6.07 Å². The smallest absolute Gasteiger partial charge is 0.320 e. The average molecular weight is 357 g/mol. The Hall–Kier alpha value is -2.74. The summed E-state index contributed by atoms with van der Waals surface area (Å²) in [6.45, 7) is 4.09. The van der Waals surface area contributed by atoms with Gasteiger partial charge < -0.3 is 14.8 Å². The van der Waals surface area contributed by atoms with Gasteiger partial charge in [-0.3, -0.25) is 0 Å². The van der Waals surface area contributed by atoms with Crippen LogP contribution in [0.4, 0.5) is 5.95 Å². The van der Waals surface area contributed by atoms with Gasteiger partial charge in [0.15, 0.2) is 0 Å². The van der Waals surface area contributed by atoms with Gasteiger partial charge in [-0.2, -0.15) is 9.97 Å². The molecule has 0 spiro atoms. The molecule has 1 N–H and O–H groups in total. The van der Waals surface area contributed by atoms with Gasteiger partial charge in [0, 0.05) is 23.9 Å². The lowest BCUT2D eigenvalue weighted by Gasteiger charge is -2.12. The van der Waals surface area contributed by atoms with Gasteiger partial charge in [-0.05, 0) is 25.3 Å². The van der Waals surface area contributed by atoms with Gasteiger partial charge in [0.1, 0.15) is 0 Å². The number of thiophene rings is 1. The van der Waals surface area contributed by atoms with Gasteiger partial charge in [0.2, 0.25) is 11.8 Å². The second kappa shape index (κ2) is 7.43. The predicted molar refractivity (Wildman–Crippen MR) is 98.2 cm³/mol. The molecule has 0 fully saturated rings. The summed E-state index contributed by atoms with van der Waals surface area (Å²) in [4.78, 5) is 18.7. The molecule has 0 saturated carbocycles. The van der Waals surface area contributed by atoms with Crippen LogP contribution in [0.15, 0.2) is 29.8 Å². The Morgan fingerprint density at radius 1 is 1.12 bits per heavy atom. The largest absolute Gasteiger partial charge is 0.481 e. The van der Waals surface area contributed by atoms with Gasteiger partial charge in [-0.15, -0.1) is 11.3 Å². The van der Waals surface area contributed by atoms with Crippen LogP contribution < -0.4 is 14.8 Å². The van der Waals surface area contributed by atoms with Gasteiger partial charge in [-0.25, -0.2) is 9.97 Å². The molecular weight excluding hydrogens is 338 g/mol. The Balaban J connectivity index is 2.15. The number of aromatic nitrogens is 4. The first-order valence-electron chi connectivity index (χ1n) is 7.75. The van der Waals surface area contributed by atoms with Crippen LogP contribution in [-0.2, 0) is 0 Å². The molecule has 0 amide bonds. The van der Waals surface area contributed by atoms with E-state index >= 15 is 0 Å². The minimum absolute atomic E-state index is 0.232. The summed E-state index contributed by atoms with van der Waals surface area (Å²) in [5, 5.41) is 5.24. The van der Waals surface area contributed by atoms with Crippen molar-refractivity contribution in [3.05, 3.63) is 29.8 Å². The second-order valence-corrected chi connectivity index (χ2v) is 6.46. The molecule has 0 atom stereocenters. The fourth-order valence-electron chi connectivity index (χ4n) is 2.24. The highest BCUT2D eigenvalue weighted by Gasteiger charge is 2.16. The zero-order chi connectivity index (χ0) is 17.8. The summed E-state index contributed by atoms with van der Waals surface area (Å²) in [6.07, 6.45) is 1.76. The van der Waals surface area contributed by atoms with Gasteiger partial charge in [0.05, 0.1) is 30.5 Å². The molecule has 0 aliphatic rings. The summed E-state index contributed by atoms with van der Waals surface area (Å²) in [5.74, 6) is 0.999. The quantitative estimate of drug-likeness (QED) is 0.723. The number of nitrogens with one attached hydrogen (secondary N) is 1. The fourth-order valence-corrected chi connectivity index (χ4v) is 2.96. The maximum atomic E-state index is 5.24. The van der Waals surface area contributed by atoms with Crippen molar-refractivity contribution in [2.75, 3.05) is 19.5 Å². The van der Waals surface area contributed by atoms with Crippen LogP contribution in [0.25, 0.3) is 21.8 Å². The zero-order valence-corrected chi connectivity index (χ0v) is 15.3.